The van der Waals surface area contributed by atoms with Gasteiger partial charge in [0.05, 0.1) is 22.2 Å². The summed E-state index contributed by atoms with van der Waals surface area (Å²) in [6.07, 6.45) is 0. The number of nitrogens with two attached hydrogens (primary N) is 2. The number of amides is 1. The summed E-state index contributed by atoms with van der Waals surface area (Å²) in [7, 11) is -4.08. The fourth-order valence-corrected chi connectivity index (χ4v) is 2.32. The molecule has 0 spiro atoms. The number of aliphatic hydroxyl groups excluding tert-OH is 1. The molecule has 0 bridgehead atoms. The van der Waals surface area contributed by atoms with Crippen LogP contribution in [0.15, 0.2) is 23.1 Å². The van der Waals surface area contributed by atoms with Crippen LogP contribution in [0, 0.1) is 0 Å². The van der Waals surface area contributed by atoms with Crippen molar-refractivity contribution in [3.63, 3.8) is 0 Å². The van der Waals surface area contributed by atoms with Gasteiger partial charge in [-0.2, -0.15) is 0 Å². The number of halogens is 1. The fourth-order valence-electron chi connectivity index (χ4n) is 1.02. The van der Waals surface area contributed by atoms with Gasteiger partial charge in [0.15, 0.2) is 0 Å². The van der Waals surface area contributed by atoms with E-state index in [2.05, 4.69) is 0 Å². The smallest absolute Gasteiger partial charge is 0.264 e. The lowest BCUT2D eigenvalue weighted by Gasteiger charge is -2.10. The number of hydrogen-bond donors (Lipinski definition) is 4. The Bertz CT molecular complexity index is 561. The van der Waals surface area contributed by atoms with Crippen LogP contribution < -0.4 is 16.2 Å². The van der Waals surface area contributed by atoms with Gasteiger partial charge >= 0.3 is 0 Å². The molecule has 1 rings (SSSR count). The van der Waals surface area contributed by atoms with Crippen molar-refractivity contribution >= 4 is 33.2 Å². The zero-order chi connectivity index (χ0) is 13.9. The summed E-state index contributed by atoms with van der Waals surface area (Å²) in [6.45, 7) is -0.663. The number of aliphatic hydroxyl groups is 1. The molecule has 1 amide bonds. The molecule has 0 saturated carbocycles. The Labute approximate surface area is 109 Å². The van der Waals surface area contributed by atoms with Crippen LogP contribution in [0.5, 0.6) is 0 Å². The molecule has 0 aliphatic carbocycles. The van der Waals surface area contributed by atoms with E-state index in [4.69, 9.17) is 28.2 Å². The minimum atomic E-state index is -4.08. The second-order valence-corrected chi connectivity index (χ2v) is 5.53. The third-order valence-corrected chi connectivity index (χ3v) is 3.72. The first-order valence-corrected chi connectivity index (χ1v) is 6.62. The molecule has 1 aromatic carbocycles. The van der Waals surface area contributed by atoms with Crippen molar-refractivity contribution < 1.29 is 18.3 Å². The highest BCUT2D eigenvalue weighted by Crippen LogP contribution is 2.22. The van der Waals surface area contributed by atoms with E-state index in [1.807, 2.05) is 0 Å². The highest BCUT2D eigenvalue weighted by molar-refractivity contribution is 7.90. The van der Waals surface area contributed by atoms with E-state index in [0.717, 1.165) is 6.07 Å². The van der Waals surface area contributed by atoms with Gasteiger partial charge < -0.3 is 16.6 Å². The van der Waals surface area contributed by atoms with Crippen LogP contribution in [0.4, 0.5) is 5.69 Å². The highest BCUT2D eigenvalue weighted by atomic mass is 35.5. The molecule has 0 heterocycles. The molecular formula is C9H12ClN3O4S. The first-order valence-electron chi connectivity index (χ1n) is 4.76. The second-order valence-electron chi connectivity index (χ2n) is 3.44. The highest BCUT2D eigenvalue weighted by Gasteiger charge is 2.22. The molecule has 0 aliphatic heterocycles. The lowest BCUT2D eigenvalue weighted by molar-refractivity contribution is -0.121. The third kappa shape index (κ3) is 3.33. The predicted octanol–water partition coefficient (Wildman–Crippen LogP) is -0.953. The third-order valence-electron chi connectivity index (χ3n) is 2.05. The van der Waals surface area contributed by atoms with Crippen LogP contribution in [-0.2, 0) is 14.8 Å². The topological polar surface area (TPSA) is 136 Å². The lowest BCUT2D eigenvalue weighted by Crippen LogP contribution is -2.45. The molecule has 1 aromatic rings. The van der Waals surface area contributed by atoms with Gasteiger partial charge in [-0.05, 0) is 18.2 Å². The zero-order valence-corrected chi connectivity index (χ0v) is 10.7. The number of hydrogen-bond acceptors (Lipinski definition) is 6. The summed E-state index contributed by atoms with van der Waals surface area (Å²) in [5, 5.41) is 8.69. The largest absolute Gasteiger partial charge is 0.398 e. The molecule has 0 fully saturated rings. The molecular weight excluding hydrogens is 282 g/mol. The number of nitrogen functional groups attached to an aromatic ring is 1. The van der Waals surface area contributed by atoms with Crippen LogP contribution in [0.2, 0.25) is 5.02 Å². The Morgan fingerprint density at radius 2 is 2.11 bits per heavy atom. The molecule has 0 saturated heterocycles. The van der Waals surface area contributed by atoms with Crippen LogP contribution >= 0.6 is 11.6 Å². The van der Waals surface area contributed by atoms with Crippen molar-refractivity contribution in [2.24, 2.45) is 5.73 Å². The van der Waals surface area contributed by atoms with Crippen molar-refractivity contribution in [3.05, 3.63) is 23.2 Å². The molecule has 0 unspecified atom stereocenters. The summed E-state index contributed by atoms with van der Waals surface area (Å²) in [5.41, 5.74) is 10.8. The molecule has 9 heteroatoms. The van der Waals surface area contributed by atoms with Crippen molar-refractivity contribution in [2.45, 2.75) is 10.9 Å². The maximum atomic E-state index is 11.8. The molecule has 0 aromatic heterocycles. The Hall–Kier alpha value is -1.35. The number of benzene rings is 1. The predicted molar refractivity (Wildman–Crippen MR) is 66.3 cm³/mol. The van der Waals surface area contributed by atoms with E-state index in [1.54, 1.807) is 4.72 Å². The Balaban J connectivity index is 3.00. The summed E-state index contributed by atoms with van der Waals surface area (Å²) < 4.78 is 25.2. The Morgan fingerprint density at radius 3 is 2.61 bits per heavy atom. The minimum Gasteiger partial charge on any atom is -0.398 e. The Kier molecular flexibility index (Phi) is 4.52. The van der Waals surface area contributed by atoms with E-state index in [0.29, 0.717) is 0 Å². The van der Waals surface area contributed by atoms with Gasteiger partial charge in [0.2, 0.25) is 0 Å². The summed E-state index contributed by atoms with van der Waals surface area (Å²) >= 11 is 5.68. The quantitative estimate of drug-likeness (QED) is 0.528. The van der Waals surface area contributed by atoms with Gasteiger partial charge in [-0.3, -0.25) is 4.79 Å². The van der Waals surface area contributed by atoms with Crippen molar-refractivity contribution in [1.29, 1.82) is 0 Å². The first-order chi connectivity index (χ1) is 8.27. The molecule has 6 N–H and O–H groups in total. The number of nitrogens with one attached hydrogen (secondary N) is 1. The van der Waals surface area contributed by atoms with Crippen molar-refractivity contribution in [2.75, 3.05) is 12.3 Å². The minimum absolute atomic E-state index is 0.0526. The Morgan fingerprint density at radius 1 is 1.50 bits per heavy atom. The number of sulfonamides is 1. The van der Waals surface area contributed by atoms with Crippen molar-refractivity contribution in [3.8, 4) is 0 Å². The standard InChI is InChI=1S/C9H12ClN3O4S/c10-6-3-5(1-2-7(6)11)18(16,17)13-9(15)8(12)4-14/h1-3,8,14H,4,11-12H2,(H,13,15)/t8-/m0/s1. The summed E-state index contributed by atoms with van der Waals surface area (Å²) in [6, 6.07) is 2.29. The zero-order valence-electron chi connectivity index (χ0n) is 9.13. The second kappa shape index (κ2) is 5.53. The maximum Gasteiger partial charge on any atom is 0.264 e. The fraction of sp³-hybridized carbons (Fsp3) is 0.222. The van der Waals surface area contributed by atoms with Gasteiger partial charge in [0, 0.05) is 0 Å². The van der Waals surface area contributed by atoms with Gasteiger partial charge in [-0.1, -0.05) is 11.6 Å². The van der Waals surface area contributed by atoms with E-state index < -0.39 is 28.6 Å². The average Bonchev–Trinajstić information content (AvgIpc) is 2.30. The molecule has 100 valence electrons. The number of carbonyl (C=O) groups excluding carboxylic acids is 1. The number of anilines is 1. The number of rotatable bonds is 4. The average molecular weight is 294 g/mol. The van der Waals surface area contributed by atoms with E-state index in [1.165, 1.54) is 12.1 Å². The van der Waals surface area contributed by atoms with E-state index >= 15 is 0 Å². The molecule has 1 atom stereocenters. The first kappa shape index (κ1) is 14.7. The molecule has 18 heavy (non-hydrogen) atoms. The van der Waals surface area contributed by atoms with Crippen LogP contribution in [-0.4, -0.2) is 32.1 Å². The van der Waals surface area contributed by atoms with Crippen LogP contribution in [0.1, 0.15) is 0 Å². The SMILES string of the molecule is Nc1ccc(S(=O)(=O)NC(=O)[C@@H](N)CO)cc1Cl. The summed E-state index contributed by atoms with van der Waals surface area (Å²) in [5.74, 6) is -1.01. The molecule has 7 nitrogen and oxygen atoms in total. The van der Waals surface area contributed by atoms with Gasteiger partial charge in [0.25, 0.3) is 15.9 Å². The van der Waals surface area contributed by atoms with Crippen LogP contribution in [0.25, 0.3) is 0 Å². The molecule has 0 aliphatic rings. The number of carbonyl (C=O) groups is 1. The van der Waals surface area contributed by atoms with Gasteiger partial charge in [-0.15, -0.1) is 0 Å². The van der Waals surface area contributed by atoms with Gasteiger partial charge in [0.1, 0.15) is 6.04 Å². The lowest BCUT2D eigenvalue weighted by atomic mass is 10.3. The normalized spacial score (nSPS) is 13.1. The van der Waals surface area contributed by atoms with Crippen molar-refractivity contribution in [1.82, 2.24) is 4.72 Å². The van der Waals surface area contributed by atoms with E-state index in [-0.39, 0.29) is 15.6 Å². The molecule has 0 radical (unpaired) electrons. The van der Waals surface area contributed by atoms with Crippen LogP contribution in [0.3, 0.4) is 0 Å². The monoisotopic (exact) mass is 293 g/mol. The van der Waals surface area contributed by atoms with Gasteiger partial charge in [-0.25, -0.2) is 13.1 Å². The van der Waals surface area contributed by atoms with E-state index in [9.17, 15) is 13.2 Å². The summed E-state index contributed by atoms with van der Waals surface area (Å²) in [4.78, 5) is 11.1. The maximum absolute atomic E-state index is 11.8.